The maximum Gasteiger partial charge on any atom is 0.0368 e. The first kappa shape index (κ1) is 12.0. The third kappa shape index (κ3) is 1.91. The van der Waals surface area contributed by atoms with E-state index in [1.54, 1.807) is 0 Å². The maximum atomic E-state index is 4.31. The van der Waals surface area contributed by atoms with Gasteiger partial charge in [-0.05, 0) is 54.9 Å². The molecule has 1 aromatic carbocycles. The Bertz CT molecular complexity index is 513. The van der Waals surface area contributed by atoms with Gasteiger partial charge in [0, 0.05) is 30.7 Å². The van der Waals surface area contributed by atoms with Crippen molar-refractivity contribution < 1.29 is 0 Å². The van der Waals surface area contributed by atoms with Gasteiger partial charge in [0.15, 0.2) is 0 Å². The minimum absolute atomic E-state index is 0.711. The van der Waals surface area contributed by atoms with Gasteiger partial charge in [0.2, 0.25) is 0 Å². The molecule has 0 bridgehead atoms. The first-order valence-corrected chi connectivity index (χ1v) is 7.65. The summed E-state index contributed by atoms with van der Waals surface area (Å²) in [5, 5.41) is 0. The van der Waals surface area contributed by atoms with Crippen molar-refractivity contribution in [3.05, 3.63) is 60.4 Å². The molecule has 2 aliphatic rings. The Hall–Kier alpha value is -1.83. The van der Waals surface area contributed by atoms with E-state index in [9.17, 15) is 0 Å². The van der Waals surface area contributed by atoms with Crippen LogP contribution in [0.5, 0.6) is 0 Å². The number of benzene rings is 1. The van der Waals surface area contributed by atoms with Gasteiger partial charge < -0.3 is 4.90 Å². The number of fused-ring (bicyclic) bond motifs is 1. The van der Waals surface area contributed by atoms with Gasteiger partial charge in [-0.2, -0.15) is 0 Å². The average molecular weight is 264 g/mol. The van der Waals surface area contributed by atoms with Crippen molar-refractivity contribution in [1.29, 1.82) is 0 Å². The minimum Gasteiger partial charge on any atom is -0.368 e. The molecule has 2 nitrogen and oxygen atoms in total. The fourth-order valence-corrected chi connectivity index (χ4v) is 4.23. The monoisotopic (exact) mass is 264 g/mol. The lowest BCUT2D eigenvalue weighted by Crippen LogP contribution is -2.30. The van der Waals surface area contributed by atoms with Gasteiger partial charge in [0.1, 0.15) is 0 Å². The molecule has 2 fully saturated rings. The number of hydrogen-bond donors (Lipinski definition) is 0. The molecule has 1 aliphatic carbocycles. The molecule has 3 atom stereocenters. The molecule has 1 aliphatic heterocycles. The summed E-state index contributed by atoms with van der Waals surface area (Å²) in [5.41, 5.74) is 2.83. The van der Waals surface area contributed by atoms with Crippen molar-refractivity contribution in [2.45, 2.75) is 31.2 Å². The van der Waals surface area contributed by atoms with Gasteiger partial charge in [-0.25, -0.2) is 0 Å². The van der Waals surface area contributed by atoms with E-state index >= 15 is 0 Å². The summed E-state index contributed by atoms with van der Waals surface area (Å²) in [6.07, 6.45) is 7.89. The normalized spacial score (nSPS) is 28.6. The van der Waals surface area contributed by atoms with Crippen molar-refractivity contribution in [3.8, 4) is 0 Å². The van der Waals surface area contributed by atoms with E-state index < -0.39 is 0 Å². The molecule has 2 aromatic rings. The zero-order chi connectivity index (χ0) is 13.4. The third-order valence-electron chi connectivity index (χ3n) is 5.09. The Balaban J connectivity index is 1.59. The van der Waals surface area contributed by atoms with Gasteiger partial charge in [-0.1, -0.05) is 24.3 Å². The van der Waals surface area contributed by atoms with E-state index in [1.165, 1.54) is 37.1 Å². The zero-order valence-corrected chi connectivity index (χ0v) is 11.7. The minimum atomic E-state index is 0.711. The SMILES string of the molecule is c1ccc(N2CC[C@H]3[C@@H](c4cccnc4)CC[C@H]32)cc1. The van der Waals surface area contributed by atoms with Crippen molar-refractivity contribution in [1.82, 2.24) is 4.98 Å². The van der Waals surface area contributed by atoms with Crippen LogP contribution in [-0.2, 0) is 0 Å². The molecule has 0 N–H and O–H groups in total. The van der Waals surface area contributed by atoms with E-state index in [-0.39, 0.29) is 0 Å². The van der Waals surface area contributed by atoms with Crippen LogP contribution in [0.15, 0.2) is 54.9 Å². The predicted molar refractivity (Wildman–Crippen MR) is 81.9 cm³/mol. The second-order valence-electron chi connectivity index (χ2n) is 6.02. The second kappa shape index (κ2) is 4.93. The third-order valence-corrected chi connectivity index (χ3v) is 5.09. The van der Waals surface area contributed by atoms with Gasteiger partial charge in [0.05, 0.1) is 0 Å². The topological polar surface area (TPSA) is 16.1 Å². The molecule has 102 valence electrons. The number of para-hydroxylation sites is 1. The summed E-state index contributed by atoms with van der Waals surface area (Å²) in [6, 6.07) is 16.0. The molecular formula is C18H20N2. The van der Waals surface area contributed by atoms with Crippen LogP contribution in [0.25, 0.3) is 0 Å². The Morgan fingerprint density at radius 3 is 2.65 bits per heavy atom. The number of anilines is 1. The molecule has 2 heterocycles. The van der Waals surface area contributed by atoms with Crippen LogP contribution in [0, 0.1) is 5.92 Å². The van der Waals surface area contributed by atoms with E-state index in [0.717, 1.165) is 12.0 Å². The summed E-state index contributed by atoms with van der Waals surface area (Å²) >= 11 is 0. The van der Waals surface area contributed by atoms with Crippen molar-refractivity contribution in [2.75, 3.05) is 11.4 Å². The number of nitrogens with zero attached hydrogens (tertiary/aromatic N) is 2. The number of aromatic nitrogens is 1. The highest BCUT2D eigenvalue weighted by Gasteiger charge is 2.44. The largest absolute Gasteiger partial charge is 0.368 e. The van der Waals surface area contributed by atoms with Crippen LogP contribution in [0.4, 0.5) is 5.69 Å². The molecule has 0 unspecified atom stereocenters. The van der Waals surface area contributed by atoms with Crippen LogP contribution >= 0.6 is 0 Å². The summed E-state index contributed by atoms with van der Waals surface area (Å²) in [6.45, 7) is 1.20. The van der Waals surface area contributed by atoms with Crippen LogP contribution < -0.4 is 4.90 Å². The molecule has 1 saturated carbocycles. The van der Waals surface area contributed by atoms with Crippen molar-refractivity contribution in [3.63, 3.8) is 0 Å². The molecule has 2 heteroatoms. The van der Waals surface area contributed by atoms with Crippen LogP contribution in [-0.4, -0.2) is 17.6 Å². The van der Waals surface area contributed by atoms with Crippen molar-refractivity contribution >= 4 is 5.69 Å². The van der Waals surface area contributed by atoms with Crippen LogP contribution in [0.1, 0.15) is 30.7 Å². The maximum absolute atomic E-state index is 4.31. The quantitative estimate of drug-likeness (QED) is 0.819. The van der Waals surface area contributed by atoms with E-state index in [1.807, 2.05) is 6.20 Å². The van der Waals surface area contributed by atoms with E-state index in [0.29, 0.717) is 5.92 Å². The van der Waals surface area contributed by atoms with Crippen molar-refractivity contribution in [2.24, 2.45) is 5.92 Å². The zero-order valence-electron chi connectivity index (χ0n) is 11.7. The highest BCUT2D eigenvalue weighted by atomic mass is 15.2. The molecule has 0 amide bonds. The van der Waals surface area contributed by atoms with E-state index in [4.69, 9.17) is 0 Å². The Labute approximate surface area is 120 Å². The summed E-state index contributed by atoms with van der Waals surface area (Å²) in [5.74, 6) is 1.52. The number of pyridine rings is 1. The predicted octanol–water partition coefficient (Wildman–Crippen LogP) is 3.85. The number of rotatable bonds is 2. The molecule has 1 aromatic heterocycles. The lowest BCUT2D eigenvalue weighted by atomic mass is 9.88. The van der Waals surface area contributed by atoms with Gasteiger partial charge >= 0.3 is 0 Å². The molecular weight excluding hydrogens is 244 g/mol. The molecule has 4 rings (SSSR count). The van der Waals surface area contributed by atoms with Gasteiger partial charge in [-0.15, -0.1) is 0 Å². The molecule has 0 radical (unpaired) electrons. The van der Waals surface area contributed by atoms with Gasteiger partial charge in [-0.3, -0.25) is 4.98 Å². The summed E-state index contributed by atoms with van der Waals surface area (Å²) < 4.78 is 0. The molecule has 20 heavy (non-hydrogen) atoms. The van der Waals surface area contributed by atoms with Crippen LogP contribution in [0.2, 0.25) is 0 Å². The van der Waals surface area contributed by atoms with E-state index in [2.05, 4.69) is 58.5 Å². The fraction of sp³-hybridized carbons (Fsp3) is 0.389. The first-order chi connectivity index (χ1) is 9.93. The average Bonchev–Trinajstić information content (AvgIpc) is 3.10. The number of hydrogen-bond acceptors (Lipinski definition) is 2. The smallest absolute Gasteiger partial charge is 0.0368 e. The van der Waals surface area contributed by atoms with Gasteiger partial charge in [0.25, 0.3) is 0 Å². The summed E-state index contributed by atoms with van der Waals surface area (Å²) in [7, 11) is 0. The molecule has 1 saturated heterocycles. The highest BCUT2D eigenvalue weighted by Crippen LogP contribution is 2.48. The Kier molecular flexibility index (Phi) is 2.95. The second-order valence-corrected chi connectivity index (χ2v) is 6.02. The first-order valence-electron chi connectivity index (χ1n) is 7.65. The Morgan fingerprint density at radius 2 is 1.85 bits per heavy atom. The Morgan fingerprint density at radius 1 is 0.950 bits per heavy atom. The standard InChI is InChI=1S/C18H20N2/c1-2-6-15(7-3-1)20-12-10-17-16(8-9-18(17)20)14-5-4-11-19-13-14/h1-7,11,13,16-18H,8-10,12H2/t16-,17+,18-/m1/s1. The fourth-order valence-electron chi connectivity index (χ4n) is 4.23. The highest BCUT2D eigenvalue weighted by molar-refractivity contribution is 5.49. The lowest BCUT2D eigenvalue weighted by Gasteiger charge is -2.26. The lowest BCUT2D eigenvalue weighted by molar-refractivity contribution is 0.482. The molecule has 0 spiro atoms. The summed E-state index contributed by atoms with van der Waals surface area (Å²) in [4.78, 5) is 6.93. The van der Waals surface area contributed by atoms with Crippen LogP contribution in [0.3, 0.4) is 0 Å².